The molecule has 1 heterocycles. The number of carbonyl (C=O) groups is 3. The third kappa shape index (κ3) is 6.34. The molecule has 194 valence electrons. The van der Waals surface area contributed by atoms with Crippen molar-refractivity contribution in [2.45, 2.75) is 6.92 Å². The van der Waals surface area contributed by atoms with Crippen LogP contribution in [0.25, 0.3) is 6.08 Å². The smallest absolute Gasteiger partial charge is 0.270 e. The highest BCUT2D eigenvalue weighted by Crippen LogP contribution is 2.35. The quantitative estimate of drug-likeness (QED) is 0.160. The molecule has 8 nitrogen and oxygen atoms in total. The van der Waals surface area contributed by atoms with Gasteiger partial charge in [-0.15, -0.1) is 0 Å². The lowest BCUT2D eigenvalue weighted by Gasteiger charge is -2.28. The standard InChI is InChI=1S/C27H21FIN3O5S/c1-2-36-22-14-16(12-20-25(34)31-27(38)32(26(20)35)19-6-4-3-5-7-19)13-21(29)24(22)37-15-23(33)30-18-10-8-17(28)9-11-18/h3-14H,2,15H2,1H3,(H,30,33)(H,31,34,38)/b20-12-. The number of amides is 3. The second kappa shape index (κ2) is 12.1. The third-order valence-corrected chi connectivity index (χ3v) is 6.32. The Morgan fingerprint density at radius 3 is 2.50 bits per heavy atom. The Kier molecular flexibility index (Phi) is 8.69. The first-order valence-corrected chi connectivity index (χ1v) is 12.9. The Bertz CT molecular complexity index is 1430. The van der Waals surface area contributed by atoms with Gasteiger partial charge in [0.25, 0.3) is 17.7 Å². The lowest BCUT2D eigenvalue weighted by atomic mass is 10.1. The average Bonchev–Trinajstić information content (AvgIpc) is 2.88. The van der Waals surface area contributed by atoms with Gasteiger partial charge in [-0.1, -0.05) is 18.2 Å². The minimum absolute atomic E-state index is 0.00408. The first-order chi connectivity index (χ1) is 18.3. The average molecular weight is 645 g/mol. The Labute approximate surface area is 236 Å². The van der Waals surface area contributed by atoms with E-state index in [1.807, 2.05) is 28.7 Å². The maximum Gasteiger partial charge on any atom is 0.270 e. The minimum atomic E-state index is -0.613. The summed E-state index contributed by atoms with van der Waals surface area (Å²) in [5, 5.41) is 5.18. The van der Waals surface area contributed by atoms with Crippen LogP contribution in [-0.4, -0.2) is 36.0 Å². The Morgan fingerprint density at radius 2 is 1.82 bits per heavy atom. The molecule has 3 aromatic rings. The molecule has 0 radical (unpaired) electrons. The van der Waals surface area contributed by atoms with Crippen LogP contribution in [0.4, 0.5) is 15.8 Å². The molecule has 1 saturated heterocycles. The summed E-state index contributed by atoms with van der Waals surface area (Å²) in [6.45, 7) is 1.78. The van der Waals surface area contributed by atoms with Crippen molar-refractivity contribution in [1.82, 2.24) is 5.32 Å². The summed E-state index contributed by atoms with van der Waals surface area (Å²) in [6, 6.07) is 17.5. The van der Waals surface area contributed by atoms with E-state index in [1.165, 1.54) is 35.2 Å². The van der Waals surface area contributed by atoms with Crippen molar-refractivity contribution < 1.29 is 28.2 Å². The highest BCUT2D eigenvalue weighted by atomic mass is 127. The molecule has 0 bridgehead atoms. The van der Waals surface area contributed by atoms with E-state index in [2.05, 4.69) is 10.6 Å². The monoisotopic (exact) mass is 645 g/mol. The van der Waals surface area contributed by atoms with Gasteiger partial charge < -0.3 is 14.8 Å². The number of rotatable bonds is 8. The van der Waals surface area contributed by atoms with Crippen molar-refractivity contribution in [3.05, 3.63) is 87.3 Å². The van der Waals surface area contributed by atoms with Gasteiger partial charge in [0.2, 0.25) is 0 Å². The van der Waals surface area contributed by atoms with Crippen LogP contribution in [0.3, 0.4) is 0 Å². The van der Waals surface area contributed by atoms with Crippen LogP contribution in [-0.2, 0) is 14.4 Å². The number of ether oxygens (including phenoxy) is 2. The topological polar surface area (TPSA) is 97.0 Å². The van der Waals surface area contributed by atoms with E-state index < -0.39 is 23.5 Å². The summed E-state index contributed by atoms with van der Waals surface area (Å²) in [7, 11) is 0. The van der Waals surface area contributed by atoms with Crippen molar-refractivity contribution in [2.75, 3.05) is 23.4 Å². The molecule has 11 heteroatoms. The molecule has 3 aromatic carbocycles. The van der Waals surface area contributed by atoms with Gasteiger partial charge in [0.05, 0.1) is 15.9 Å². The Balaban J connectivity index is 1.57. The van der Waals surface area contributed by atoms with Crippen molar-refractivity contribution in [3.8, 4) is 11.5 Å². The number of hydrogen-bond acceptors (Lipinski definition) is 6. The molecule has 0 atom stereocenters. The zero-order chi connectivity index (χ0) is 27.2. The Hall–Kier alpha value is -3.84. The minimum Gasteiger partial charge on any atom is -0.490 e. The molecule has 0 saturated carbocycles. The van der Waals surface area contributed by atoms with Gasteiger partial charge in [0.15, 0.2) is 23.2 Å². The summed E-state index contributed by atoms with van der Waals surface area (Å²) in [6.07, 6.45) is 1.45. The molecule has 2 N–H and O–H groups in total. The summed E-state index contributed by atoms with van der Waals surface area (Å²) in [4.78, 5) is 39.5. The van der Waals surface area contributed by atoms with Crippen LogP contribution in [0.2, 0.25) is 0 Å². The zero-order valence-corrected chi connectivity index (χ0v) is 23.0. The molecule has 3 amide bonds. The number of thiocarbonyl (C=S) groups is 1. The fourth-order valence-electron chi connectivity index (χ4n) is 3.58. The fraction of sp³-hybridized carbons (Fsp3) is 0.111. The molecule has 4 rings (SSSR count). The van der Waals surface area contributed by atoms with Crippen LogP contribution in [0, 0.1) is 9.39 Å². The summed E-state index contributed by atoms with van der Waals surface area (Å²) < 4.78 is 25.1. The largest absolute Gasteiger partial charge is 0.490 e. The van der Waals surface area contributed by atoms with E-state index in [1.54, 1.807) is 43.3 Å². The first kappa shape index (κ1) is 27.2. The predicted octanol–water partition coefficient (Wildman–Crippen LogP) is 4.68. The van der Waals surface area contributed by atoms with Crippen LogP contribution >= 0.6 is 34.8 Å². The molecule has 0 aliphatic carbocycles. The SMILES string of the molecule is CCOc1cc(/C=C2/C(=O)NC(=S)N(c3ccccc3)C2=O)cc(I)c1OCC(=O)Nc1ccc(F)cc1. The maximum atomic E-state index is 13.2. The molecule has 1 aliphatic heterocycles. The van der Waals surface area contributed by atoms with Crippen LogP contribution in [0.5, 0.6) is 11.5 Å². The molecule has 0 unspecified atom stereocenters. The number of anilines is 2. The van der Waals surface area contributed by atoms with E-state index in [9.17, 15) is 18.8 Å². The van der Waals surface area contributed by atoms with Crippen molar-refractivity contribution in [2.24, 2.45) is 0 Å². The number of hydrogen-bond donors (Lipinski definition) is 2. The normalized spacial score (nSPS) is 14.3. The van der Waals surface area contributed by atoms with Crippen LogP contribution < -0.4 is 25.0 Å². The van der Waals surface area contributed by atoms with E-state index in [4.69, 9.17) is 21.7 Å². The van der Waals surface area contributed by atoms with Crippen molar-refractivity contribution >= 4 is 75.1 Å². The van der Waals surface area contributed by atoms with E-state index in [0.29, 0.717) is 38.6 Å². The van der Waals surface area contributed by atoms with Gasteiger partial charge in [-0.2, -0.15) is 0 Å². The van der Waals surface area contributed by atoms with Gasteiger partial charge in [-0.05, 0) is 102 Å². The molecule has 0 aromatic heterocycles. The second-order valence-corrected chi connectivity index (χ2v) is 9.45. The molecule has 1 fully saturated rings. The maximum absolute atomic E-state index is 13.2. The van der Waals surface area contributed by atoms with E-state index >= 15 is 0 Å². The highest BCUT2D eigenvalue weighted by Gasteiger charge is 2.34. The lowest BCUT2D eigenvalue weighted by molar-refractivity contribution is -0.122. The molecular weight excluding hydrogens is 624 g/mol. The van der Waals surface area contributed by atoms with Gasteiger partial charge >= 0.3 is 0 Å². The van der Waals surface area contributed by atoms with Crippen molar-refractivity contribution in [1.29, 1.82) is 0 Å². The number of benzene rings is 3. The van der Waals surface area contributed by atoms with E-state index in [-0.39, 0.29) is 17.3 Å². The number of para-hydroxylation sites is 1. The molecule has 1 aliphatic rings. The lowest BCUT2D eigenvalue weighted by Crippen LogP contribution is -2.54. The summed E-state index contributed by atoms with van der Waals surface area (Å²) in [5.74, 6) is -1.36. The highest BCUT2D eigenvalue weighted by molar-refractivity contribution is 14.1. The summed E-state index contributed by atoms with van der Waals surface area (Å²) >= 11 is 7.25. The number of nitrogens with zero attached hydrogens (tertiary/aromatic N) is 1. The first-order valence-electron chi connectivity index (χ1n) is 11.4. The van der Waals surface area contributed by atoms with Gasteiger partial charge in [-0.25, -0.2) is 4.39 Å². The van der Waals surface area contributed by atoms with E-state index in [0.717, 1.165) is 0 Å². The zero-order valence-electron chi connectivity index (χ0n) is 20.0. The number of carbonyl (C=O) groups excluding carboxylic acids is 3. The number of halogens is 2. The van der Waals surface area contributed by atoms with Gasteiger partial charge in [-0.3, -0.25) is 24.6 Å². The predicted molar refractivity (Wildman–Crippen MR) is 153 cm³/mol. The van der Waals surface area contributed by atoms with Gasteiger partial charge in [0, 0.05) is 5.69 Å². The molecule has 0 spiro atoms. The van der Waals surface area contributed by atoms with Gasteiger partial charge in [0.1, 0.15) is 11.4 Å². The van der Waals surface area contributed by atoms with Crippen LogP contribution in [0.15, 0.2) is 72.3 Å². The third-order valence-electron chi connectivity index (χ3n) is 5.23. The number of nitrogens with one attached hydrogen (secondary N) is 2. The molecular formula is C27H21FIN3O5S. The Morgan fingerprint density at radius 1 is 1.11 bits per heavy atom. The molecule has 38 heavy (non-hydrogen) atoms. The second-order valence-electron chi connectivity index (χ2n) is 7.90. The fourth-order valence-corrected chi connectivity index (χ4v) is 4.64. The van der Waals surface area contributed by atoms with Crippen LogP contribution in [0.1, 0.15) is 12.5 Å². The summed E-state index contributed by atoms with van der Waals surface area (Å²) in [5.41, 5.74) is 1.37. The van der Waals surface area contributed by atoms with Crippen molar-refractivity contribution in [3.63, 3.8) is 0 Å².